The average Bonchev–Trinajstić information content (AvgIpc) is 2.53. The minimum atomic E-state index is -0.784. The molecule has 17 heavy (non-hydrogen) atoms. The van der Waals surface area contributed by atoms with Gasteiger partial charge in [-0.1, -0.05) is 30.2 Å². The largest absolute Gasteiger partial charge is 0.388 e. The van der Waals surface area contributed by atoms with E-state index in [4.69, 9.17) is 12.6 Å². The van der Waals surface area contributed by atoms with E-state index in [9.17, 15) is 5.11 Å². The van der Waals surface area contributed by atoms with Crippen LogP contribution in [0.4, 0.5) is 0 Å². The quantitative estimate of drug-likeness (QED) is 0.824. The molecule has 0 aromatic heterocycles. The maximum Gasteiger partial charge on any atom is 0.0793 e. The smallest absolute Gasteiger partial charge is 0.0793 e. The molecule has 0 atom stereocenters. The summed E-state index contributed by atoms with van der Waals surface area (Å²) in [6, 6.07) is -1.17. The molecule has 0 spiro atoms. The molecule has 3 nitrogen and oxygen atoms in total. The lowest BCUT2D eigenvalue weighted by atomic mass is 9.91. The van der Waals surface area contributed by atoms with Gasteiger partial charge in [0.25, 0.3) is 0 Å². The third-order valence-electron chi connectivity index (χ3n) is 3.40. The summed E-state index contributed by atoms with van der Waals surface area (Å²) >= 11 is 0. The van der Waals surface area contributed by atoms with Crippen molar-refractivity contribution in [2.24, 2.45) is 5.73 Å². The molecule has 0 saturated carbocycles. The van der Waals surface area contributed by atoms with Crippen LogP contribution in [0.1, 0.15) is 25.3 Å². The normalized spacial score (nSPS) is 24.5. The van der Waals surface area contributed by atoms with Crippen LogP contribution in [0, 0.1) is 0 Å². The van der Waals surface area contributed by atoms with Gasteiger partial charge in [-0.3, -0.25) is 0 Å². The number of benzene rings is 1. The third kappa shape index (κ3) is 3.53. The lowest BCUT2D eigenvalue weighted by molar-refractivity contribution is -0.0130. The van der Waals surface area contributed by atoms with Crippen molar-refractivity contribution in [3.8, 4) is 0 Å². The van der Waals surface area contributed by atoms with Gasteiger partial charge in [0.1, 0.15) is 0 Å². The second-order valence-corrected chi connectivity index (χ2v) is 4.62. The molecule has 1 heterocycles. The van der Waals surface area contributed by atoms with Crippen LogP contribution in [0.5, 0.6) is 0 Å². The van der Waals surface area contributed by atoms with Gasteiger partial charge in [-0.25, -0.2) is 0 Å². The Labute approximate surface area is 110 Å². The molecule has 0 unspecified atom stereocenters. The van der Waals surface area contributed by atoms with Crippen LogP contribution in [0.25, 0.3) is 0 Å². The standard InChI is InChI=1S/C14H22N2O/c15-12-14(17)7-10-16(11-8-14)9-6-13-4-2-1-3-5-13/h1-5,17H,6-12,15H2/i1D,2D,3D,4D,5D. The van der Waals surface area contributed by atoms with Crippen LogP contribution in [-0.4, -0.2) is 41.8 Å². The summed E-state index contributed by atoms with van der Waals surface area (Å²) < 4.78 is 38.7. The molecule has 2 rings (SSSR count). The molecule has 0 amide bonds. The monoisotopic (exact) mass is 239 g/mol. The minimum absolute atomic E-state index is 0.124. The second-order valence-electron chi connectivity index (χ2n) is 4.62. The van der Waals surface area contributed by atoms with Crippen LogP contribution < -0.4 is 5.73 Å². The number of hydrogen-bond acceptors (Lipinski definition) is 3. The number of rotatable bonds is 4. The van der Waals surface area contributed by atoms with Gasteiger partial charge >= 0.3 is 0 Å². The molecule has 0 aliphatic carbocycles. The van der Waals surface area contributed by atoms with E-state index in [0.29, 0.717) is 44.5 Å². The molecule has 1 fully saturated rings. The zero-order chi connectivity index (χ0) is 16.5. The van der Waals surface area contributed by atoms with Crippen LogP contribution in [0.2, 0.25) is 0 Å². The predicted molar refractivity (Wildman–Crippen MR) is 69.8 cm³/mol. The van der Waals surface area contributed by atoms with E-state index in [2.05, 4.69) is 4.90 Å². The highest BCUT2D eigenvalue weighted by molar-refractivity contribution is 5.14. The van der Waals surface area contributed by atoms with E-state index in [-0.39, 0.29) is 36.8 Å². The Morgan fingerprint density at radius 2 is 1.94 bits per heavy atom. The van der Waals surface area contributed by atoms with E-state index >= 15 is 0 Å². The molecular formula is C14H22N2O. The van der Waals surface area contributed by atoms with Gasteiger partial charge in [0.2, 0.25) is 0 Å². The van der Waals surface area contributed by atoms with Gasteiger partial charge in [0.15, 0.2) is 0 Å². The summed E-state index contributed by atoms with van der Waals surface area (Å²) in [5, 5.41) is 10.1. The van der Waals surface area contributed by atoms with Gasteiger partial charge in [-0.2, -0.15) is 0 Å². The van der Waals surface area contributed by atoms with Crippen molar-refractivity contribution in [2.75, 3.05) is 26.2 Å². The second kappa shape index (κ2) is 5.63. The first-order chi connectivity index (χ1) is 10.3. The molecule has 0 bridgehead atoms. The Hall–Kier alpha value is -0.900. The lowest BCUT2D eigenvalue weighted by Crippen LogP contribution is -2.49. The van der Waals surface area contributed by atoms with E-state index < -0.39 is 5.60 Å². The molecule has 1 aromatic rings. The number of nitrogens with two attached hydrogens (primary N) is 1. The molecule has 3 N–H and O–H groups in total. The fourth-order valence-corrected chi connectivity index (χ4v) is 2.07. The zero-order valence-electron chi connectivity index (χ0n) is 14.9. The average molecular weight is 239 g/mol. The highest BCUT2D eigenvalue weighted by Gasteiger charge is 2.30. The van der Waals surface area contributed by atoms with Crippen molar-refractivity contribution in [3.63, 3.8) is 0 Å². The first kappa shape index (κ1) is 7.52. The summed E-state index contributed by atoms with van der Waals surface area (Å²) in [6.07, 6.45) is 1.60. The van der Waals surface area contributed by atoms with E-state index in [1.54, 1.807) is 0 Å². The van der Waals surface area contributed by atoms with Gasteiger partial charge < -0.3 is 15.7 Å². The number of piperidine rings is 1. The van der Waals surface area contributed by atoms with Crippen molar-refractivity contribution < 1.29 is 12.0 Å². The Morgan fingerprint density at radius 1 is 1.29 bits per heavy atom. The number of hydrogen-bond donors (Lipinski definition) is 2. The lowest BCUT2D eigenvalue weighted by Gasteiger charge is -2.37. The zero-order valence-corrected chi connectivity index (χ0v) is 9.92. The molecule has 0 radical (unpaired) electrons. The highest BCUT2D eigenvalue weighted by Crippen LogP contribution is 2.20. The summed E-state index contributed by atoms with van der Waals surface area (Å²) in [5.74, 6) is 0. The van der Waals surface area contributed by atoms with Crippen molar-refractivity contribution in [1.29, 1.82) is 0 Å². The maximum absolute atomic E-state index is 10.1. The molecular weight excluding hydrogens is 212 g/mol. The summed E-state index contributed by atoms with van der Waals surface area (Å²) in [6.45, 7) is 2.26. The van der Waals surface area contributed by atoms with Crippen molar-refractivity contribution in [3.05, 3.63) is 35.8 Å². The Bertz CT molecular complexity index is 530. The Balaban J connectivity index is 2.04. The fourth-order valence-electron chi connectivity index (χ4n) is 2.07. The van der Waals surface area contributed by atoms with Crippen LogP contribution >= 0.6 is 0 Å². The first-order valence-electron chi connectivity index (χ1n) is 8.49. The molecule has 1 aliphatic heterocycles. The summed E-state index contributed by atoms with van der Waals surface area (Å²) in [4.78, 5) is 2.13. The minimum Gasteiger partial charge on any atom is -0.388 e. The van der Waals surface area contributed by atoms with Gasteiger partial charge in [0, 0.05) is 26.2 Å². The number of likely N-dealkylation sites (tertiary alicyclic amines) is 1. The first-order valence-corrected chi connectivity index (χ1v) is 5.99. The van der Waals surface area contributed by atoms with E-state index in [0.717, 1.165) is 0 Å². The highest BCUT2D eigenvalue weighted by atomic mass is 16.3. The molecule has 1 aromatic carbocycles. The SMILES string of the molecule is [2H]c1c([2H])c([2H])c(CCN2CCC(O)(CN)CC2)c([2H])c1[2H]. The van der Waals surface area contributed by atoms with Crippen LogP contribution in [0.3, 0.4) is 0 Å². The molecule has 3 heteroatoms. The molecule has 94 valence electrons. The summed E-state index contributed by atoms with van der Waals surface area (Å²) in [7, 11) is 0. The Kier molecular flexibility index (Phi) is 2.49. The number of aliphatic hydroxyl groups is 1. The van der Waals surface area contributed by atoms with Crippen molar-refractivity contribution >= 4 is 0 Å². The predicted octanol–water partition coefficient (Wildman–Crippen LogP) is 1.01. The third-order valence-corrected chi connectivity index (χ3v) is 3.40. The molecule has 1 aliphatic rings. The molecule has 1 saturated heterocycles. The van der Waals surface area contributed by atoms with Gasteiger partial charge in [-0.15, -0.1) is 0 Å². The summed E-state index contributed by atoms with van der Waals surface area (Å²) in [5.41, 5.74) is 5.13. The topological polar surface area (TPSA) is 49.5 Å². The number of nitrogens with zero attached hydrogens (tertiary/aromatic N) is 1. The van der Waals surface area contributed by atoms with Crippen molar-refractivity contribution in [2.45, 2.75) is 24.9 Å². The fraction of sp³-hybridized carbons (Fsp3) is 0.571. The van der Waals surface area contributed by atoms with E-state index in [1.807, 2.05) is 0 Å². The Morgan fingerprint density at radius 3 is 2.53 bits per heavy atom. The van der Waals surface area contributed by atoms with Gasteiger partial charge in [-0.05, 0) is 24.8 Å². The van der Waals surface area contributed by atoms with E-state index in [1.165, 1.54) is 0 Å². The van der Waals surface area contributed by atoms with Crippen LogP contribution in [-0.2, 0) is 6.42 Å². The van der Waals surface area contributed by atoms with Gasteiger partial charge in [0.05, 0.1) is 12.5 Å². The van der Waals surface area contributed by atoms with Crippen LogP contribution in [0.15, 0.2) is 30.2 Å². The van der Waals surface area contributed by atoms with Crippen molar-refractivity contribution in [1.82, 2.24) is 4.90 Å². The maximum atomic E-state index is 10.1.